The van der Waals surface area contributed by atoms with Gasteiger partial charge in [0.1, 0.15) is 5.75 Å². The van der Waals surface area contributed by atoms with E-state index < -0.39 is 0 Å². The van der Waals surface area contributed by atoms with E-state index in [1.54, 1.807) is 7.11 Å². The van der Waals surface area contributed by atoms with E-state index in [1.807, 2.05) is 0 Å². The third-order valence-electron chi connectivity index (χ3n) is 4.96. The van der Waals surface area contributed by atoms with Gasteiger partial charge in [-0.15, -0.1) is 0 Å². The Kier molecular flexibility index (Phi) is 6.31. The summed E-state index contributed by atoms with van der Waals surface area (Å²) in [5.41, 5.74) is 1.37. The summed E-state index contributed by atoms with van der Waals surface area (Å²) in [5.74, 6) is 1.78. The standard InChI is InChI=1S/C19H29NO3/c1-21-12-13-22-18-6-9-20(10-7-18)15-16-8-11-23-19-5-3-2-4-17(19)14-16/h2-5,16,18H,6-15H2,1H3/t16-/m0/s1. The summed E-state index contributed by atoms with van der Waals surface area (Å²) >= 11 is 0. The molecule has 0 spiro atoms. The van der Waals surface area contributed by atoms with Crippen molar-refractivity contribution in [2.24, 2.45) is 5.92 Å². The zero-order chi connectivity index (χ0) is 15.9. The monoisotopic (exact) mass is 319 g/mol. The molecule has 0 N–H and O–H groups in total. The Morgan fingerprint density at radius 2 is 1.96 bits per heavy atom. The second-order valence-electron chi connectivity index (χ2n) is 6.68. The van der Waals surface area contributed by atoms with Crippen LogP contribution in [0.15, 0.2) is 24.3 Å². The number of hydrogen-bond donors (Lipinski definition) is 0. The van der Waals surface area contributed by atoms with Crippen molar-refractivity contribution in [1.29, 1.82) is 0 Å². The van der Waals surface area contributed by atoms with Crippen molar-refractivity contribution in [1.82, 2.24) is 4.90 Å². The average molecular weight is 319 g/mol. The predicted octanol–water partition coefficient (Wildman–Crippen LogP) is 2.76. The third-order valence-corrected chi connectivity index (χ3v) is 4.96. The van der Waals surface area contributed by atoms with Gasteiger partial charge in [0, 0.05) is 26.7 Å². The maximum absolute atomic E-state index is 5.89. The maximum atomic E-state index is 5.89. The van der Waals surface area contributed by atoms with Crippen molar-refractivity contribution in [3.63, 3.8) is 0 Å². The molecule has 0 aromatic heterocycles. The van der Waals surface area contributed by atoms with Gasteiger partial charge in [-0.05, 0) is 43.2 Å². The lowest BCUT2D eigenvalue weighted by molar-refractivity contribution is -0.0168. The number of ether oxygens (including phenoxy) is 3. The first-order chi connectivity index (χ1) is 11.3. The largest absolute Gasteiger partial charge is 0.493 e. The second-order valence-corrected chi connectivity index (χ2v) is 6.68. The van der Waals surface area contributed by atoms with Gasteiger partial charge in [-0.25, -0.2) is 0 Å². The molecular weight excluding hydrogens is 290 g/mol. The molecule has 3 rings (SSSR count). The van der Waals surface area contributed by atoms with E-state index in [0.29, 0.717) is 18.6 Å². The van der Waals surface area contributed by atoms with Gasteiger partial charge in [0.15, 0.2) is 0 Å². The maximum Gasteiger partial charge on any atom is 0.122 e. The highest BCUT2D eigenvalue weighted by Crippen LogP contribution is 2.27. The Hall–Kier alpha value is -1.10. The highest BCUT2D eigenvalue weighted by molar-refractivity contribution is 5.34. The van der Waals surface area contributed by atoms with E-state index in [9.17, 15) is 0 Å². The van der Waals surface area contributed by atoms with Crippen LogP contribution in [0.5, 0.6) is 5.75 Å². The van der Waals surface area contributed by atoms with Crippen LogP contribution in [0.4, 0.5) is 0 Å². The lowest BCUT2D eigenvalue weighted by Gasteiger charge is -2.34. The molecule has 0 bridgehead atoms. The fourth-order valence-corrected chi connectivity index (χ4v) is 3.64. The minimum Gasteiger partial charge on any atom is -0.493 e. The number of fused-ring (bicyclic) bond motifs is 1. The van der Waals surface area contributed by atoms with E-state index in [1.165, 1.54) is 12.1 Å². The Morgan fingerprint density at radius 1 is 1.13 bits per heavy atom. The van der Waals surface area contributed by atoms with Crippen LogP contribution in [0.1, 0.15) is 24.8 Å². The molecule has 1 fully saturated rings. The lowest BCUT2D eigenvalue weighted by Crippen LogP contribution is -2.40. The first-order valence-electron chi connectivity index (χ1n) is 8.88. The number of rotatable bonds is 6. The first kappa shape index (κ1) is 16.7. The van der Waals surface area contributed by atoms with Crippen LogP contribution in [-0.4, -0.2) is 57.6 Å². The van der Waals surface area contributed by atoms with Gasteiger partial charge < -0.3 is 19.1 Å². The molecular formula is C19H29NO3. The highest BCUT2D eigenvalue weighted by Gasteiger charge is 2.24. The minimum atomic E-state index is 0.416. The molecule has 1 atom stereocenters. The van der Waals surface area contributed by atoms with E-state index in [2.05, 4.69) is 29.2 Å². The SMILES string of the molecule is COCCOC1CCN(C[C@H]2CCOc3ccccc3C2)CC1. The van der Waals surface area contributed by atoms with Gasteiger partial charge in [0.05, 0.1) is 25.9 Å². The zero-order valence-corrected chi connectivity index (χ0v) is 14.2. The van der Waals surface area contributed by atoms with Crippen molar-refractivity contribution in [2.75, 3.05) is 46.6 Å². The van der Waals surface area contributed by atoms with E-state index >= 15 is 0 Å². The topological polar surface area (TPSA) is 30.9 Å². The van der Waals surface area contributed by atoms with Crippen LogP contribution >= 0.6 is 0 Å². The van der Waals surface area contributed by atoms with Crippen molar-refractivity contribution in [3.05, 3.63) is 29.8 Å². The number of piperidine rings is 1. The molecule has 4 heteroatoms. The average Bonchev–Trinajstić information content (AvgIpc) is 2.78. The minimum absolute atomic E-state index is 0.416. The van der Waals surface area contributed by atoms with Crippen molar-refractivity contribution in [2.45, 2.75) is 31.8 Å². The molecule has 23 heavy (non-hydrogen) atoms. The molecule has 0 amide bonds. The molecule has 2 heterocycles. The smallest absolute Gasteiger partial charge is 0.122 e. The Morgan fingerprint density at radius 3 is 2.78 bits per heavy atom. The van der Waals surface area contributed by atoms with Crippen LogP contribution in [0, 0.1) is 5.92 Å². The van der Waals surface area contributed by atoms with Gasteiger partial charge in [0.2, 0.25) is 0 Å². The van der Waals surface area contributed by atoms with E-state index in [0.717, 1.165) is 57.7 Å². The Labute approximate surface area is 139 Å². The normalized spacial score (nSPS) is 23.1. The third kappa shape index (κ3) is 4.93. The highest BCUT2D eigenvalue weighted by atomic mass is 16.5. The molecule has 1 saturated heterocycles. The summed E-state index contributed by atoms with van der Waals surface area (Å²) in [5, 5.41) is 0. The van der Waals surface area contributed by atoms with E-state index in [4.69, 9.17) is 14.2 Å². The molecule has 0 aliphatic carbocycles. The summed E-state index contributed by atoms with van der Waals surface area (Å²) in [6.07, 6.45) is 4.99. The Bertz CT molecular complexity index is 471. The van der Waals surface area contributed by atoms with E-state index in [-0.39, 0.29) is 0 Å². The van der Waals surface area contributed by atoms with Crippen LogP contribution in [0.2, 0.25) is 0 Å². The predicted molar refractivity (Wildman–Crippen MR) is 91.0 cm³/mol. The number of benzene rings is 1. The quantitative estimate of drug-likeness (QED) is 0.755. The number of likely N-dealkylation sites (tertiary alicyclic amines) is 1. The molecule has 0 radical (unpaired) electrons. The summed E-state index contributed by atoms with van der Waals surface area (Å²) < 4.78 is 16.8. The van der Waals surface area contributed by atoms with Gasteiger partial charge in [-0.1, -0.05) is 18.2 Å². The fraction of sp³-hybridized carbons (Fsp3) is 0.684. The number of nitrogens with zero attached hydrogens (tertiary/aromatic N) is 1. The van der Waals surface area contributed by atoms with Crippen LogP contribution in [-0.2, 0) is 15.9 Å². The van der Waals surface area contributed by atoms with Gasteiger partial charge in [0.25, 0.3) is 0 Å². The molecule has 1 aromatic carbocycles. The van der Waals surface area contributed by atoms with Gasteiger partial charge in [-0.2, -0.15) is 0 Å². The molecule has 0 saturated carbocycles. The van der Waals surface area contributed by atoms with Crippen LogP contribution in [0.3, 0.4) is 0 Å². The fourth-order valence-electron chi connectivity index (χ4n) is 3.64. The second kappa shape index (κ2) is 8.67. The zero-order valence-electron chi connectivity index (χ0n) is 14.2. The number of methoxy groups -OCH3 is 1. The molecule has 128 valence electrons. The lowest BCUT2D eigenvalue weighted by atomic mass is 9.95. The molecule has 2 aliphatic heterocycles. The van der Waals surface area contributed by atoms with Crippen molar-refractivity contribution < 1.29 is 14.2 Å². The molecule has 1 aromatic rings. The van der Waals surface area contributed by atoms with Gasteiger partial charge in [-0.3, -0.25) is 0 Å². The molecule has 2 aliphatic rings. The summed E-state index contributed by atoms with van der Waals surface area (Å²) in [6.45, 7) is 5.74. The summed E-state index contributed by atoms with van der Waals surface area (Å²) in [4.78, 5) is 2.61. The molecule has 0 unspecified atom stereocenters. The molecule has 4 nitrogen and oxygen atoms in total. The number of para-hydroxylation sites is 1. The number of hydrogen-bond acceptors (Lipinski definition) is 4. The van der Waals surface area contributed by atoms with Crippen molar-refractivity contribution >= 4 is 0 Å². The van der Waals surface area contributed by atoms with Crippen molar-refractivity contribution in [3.8, 4) is 5.75 Å². The van der Waals surface area contributed by atoms with Gasteiger partial charge >= 0.3 is 0 Å². The van der Waals surface area contributed by atoms with Crippen LogP contribution in [0.25, 0.3) is 0 Å². The summed E-state index contributed by atoms with van der Waals surface area (Å²) in [6, 6.07) is 8.49. The van der Waals surface area contributed by atoms with Crippen LogP contribution < -0.4 is 4.74 Å². The summed E-state index contributed by atoms with van der Waals surface area (Å²) in [7, 11) is 1.72. The Balaban J connectivity index is 1.44. The first-order valence-corrected chi connectivity index (χ1v) is 8.88.